The molecule has 27 heavy (non-hydrogen) atoms. The number of para-hydroxylation sites is 1. The van der Waals surface area contributed by atoms with Crippen LogP contribution in [0, 0.1) is 0 Å². The number of thioether (sulfide) groups is 1. The quantitative estimate of drug-likeness (QED) is 0.555. The molecule has 1 atom stereocenters. The van der Waals surface area contributed by atoms with E-state index in [-0.39, 0.29) is 17.1 Å². The summed E-state index contributed by atoms with van der Waals surface area (Å²) in [4.78, 5) is 25.0. The second kappa shape index (κ2) is 8.50. The van der Waals surface area contributed by atoms with Gasteiger partial charge >= 0.3 is 0 Å². The first-order chi connectivity index (χ1) is 13.0. The van der Waals surface area contributed by atoms with Crippen molar-refractivity contribution < 1.29 is 4.79 Å². The molecule has 0 aliphatic rings. The molecule has 4 N–H and O–H groups in total. The first kappa shape index (κ1) is 18.7. The third-order valence-electron chi connectivity index (χ3n) is 3.55. The van der Waals surface area contributed by atoms with Crippen molar-refractivity contribution in [2.45, 2.75) is 24.0 Å². The lowest BCUT2D eigenvalue weighted by atomic mass is 10.3. The van der Waals surface area contributed by atoms with E-state index >= 15 is 0 Å². The minimum atomic E-state index is -0.0946. The van der Waals surface area contributed by atoms with E-state index in [1.165, 1.54) is 6.92 Å². The van der Waals surface area contributed by atoms with Gasteiger partial charge in [-0.05, 0) is 43.3 Å². The number of aromatic nitrogens is 3. The minimum Gasteiger partial charge on any atom is -0.368 e. The number of nitrogens with one attached hydrogen (secondary N) is 2. The molecule has 8 heteroatoms. The van der Waals surface area contributed by atoms with Gasteiger partial charge in [0.05, 0.1) is 5.25 Å². The predicted molar refractivity (Wildman–Crippen MR) is 109 cm³/mol. The lowest BCUT2D eigenvalue weighted by molar-refractivity contribution is -0.114. The highest BCUT2D eigenvalue weighted by atomic mass is 32.2. The number of carbonyl (C=O) groups is 1. The molecule has 3 rings (SSSR count). The van der Waals surface area contributed by atoms with Gasteiger partial charge in [-0.3, -0.25) is 4.79 Å². The summed E-state index contributed by atoms with van der Waals surface area (Å²) in [6.45, 7) is 3.49. The Kier molecular flexibility index (Phi) is 5.87. The number of rotatable bonds is 6. The highest BCUT2D eigenvalue weighted by Crippen LogP contribution is 2.34. The van der Waals surface area contributed by atoms with Crippen molar-refractivity contribution >= 4 is 40.9 Å². The molecule has 1 amide bonds. The van der Waals surface area contributed by atoms with E-state index in [4.69, 9.17) is 5.73 Å². The normalized spacial score (nSPS) is 11.6. The second-order valence-corrected chi connectivity index (χ2v) is 7.25. The van der Waals surface area contributed by atoms with Gasteiger partial charge in [0.25, 0.3) is 0 Å². The SMILES string of the molecule is CC(=O)Nc1ccc(SC(C)c2nc(N)nc(Nc3ccccc3)n2)cc1. The van der Waals surface area contributed by atoms with Crippen LogP contribution in [0.5, 0.6) is 0 Å². The molecule has 1 aromatic heterocycles. The number of hydrogen-bond donors (Lipinski definition) is 3. The third-order valence-corrected chi connectivity index (χ3v) is 4.66. The number of nitrogens with two attached hydrogens (primary N) is 1. The number of nitrogen functional groups attached to an aromatic ring is 1. The first-order valence-electron chi connectivity index (χ1n) is 8.37. The molecule has 1 heterocycles. The molecule has 0 fully saturated rings. The first-order valence-corrected chi connectivity index (χ1v) is 9.25. The van der Waals surface area contributed by atoms with E-state index < -0.39 is 0 Å². The van der Waals surface area contributed by atoms with E-state index in [0.29, 0.717) is 11.8 Å². The van der Waals surface area contributed by atoms with Crippen molar-refractivity contribution in [2.75, 3.05) is 16.4 Å². The molecule has 2 aromatic carbocycles. The Bertz CT molecular complexity index is 917. The summed E-state index contributed by atoms with van der Waals surface area (Å²) in [6, 6.07) is 17.3. The van der Waals surface area contributed by atoms with Crippen LogP contribution < -0.4 is 16.4 Å². The molecule has 0 saturated heterocycles. The van der Waals surface area contributed by atoms with Crippen LogP contribution in [-0.2, 0) is 4.79 Å². The molecule has 0 aliphatic carbocycles. The largest absolute Gasteiger partial charge is 0.368 e. The number of hydrogen-bond acceptors (Lipinski definition) is 7. The van der Waals surface area contributed by atoms with Gasteiger partial charge in [0.2, 0.25) is 17.8 Å². The molecule has 138 valence electrons. The topological polar surface area (TPSA) is 106 Å². The number of nitrogens with zero attached hydrogens (tertiary/aromatic N) is 3. The van der Waals surface area contributed by atoms with Crippen LogP contribution in [0.15, 0.2) is 59.5 Å². The molecule has 7 nitrogen and oxygen atoms in total. The van der Waals surface area contributed by atoms with Gasteiger partial charge in [-0.2, -0.15) is 15.0 Å². The maximum Gasteiger partial charge on any atom is 0.232 e. The predicted octanol–water partition coefficient (Wildman–Crippen LogP) is 4.01. The standard InChI is InChI=1S/C19H20N6OS/c1-12(27-16-10-8-15(9-11-16)21-13(2)26)17-23-18(20)25-19(24-17)22-14-6-4-3-5-7-14/h3-12H,1-2H3,(H,21,26)(H3,20,22,23,24,25). The molecule has 0 saturated carbocycles. The Labute approximate surface area is 161 Å². The molecule has 0 spiro atoms. The molecular formula is C19H20N6OS. The monoisotopic (exact) mass is 380 g/mol. The van der Waals surface area contributed by atoms with E-state index in [0.717, 1.165) is 16.3 Å². The highest BCUT2D eigenvalue weighted by Gasteiger charge is 2.14. The van der Waals surface area contributed by atoms with Gasteiger partial charge in [0, 0.05) is 23.2 Å². The van der Waals surface area contributed by atoms with Crippen LogP contribution in [0.2, 0.25) is 0 Å². The zero-order valence-corrected chi connectivity index (χ0v) is 15.8. The minimum absolute atomic E-state index is 0.0294. The van der Waals surface area contributed by atoms with Gasteiger partial charge in [-0.25, -0.2) is 0 Å². The Morgan fingerprint density at radius 1 is 1.00 bits per heavy atom. The summed E-state index contributed by atoms with van der Waals surface area (Å²) in [5, 5.41) is 5.86. The zero-order chi connectivity index (χ0) is 19.2. The summed E-state index contributed by atoms with van der Waals surface area (Å²) in [5.41, 5.74) is 7.50. The third kappa shape index (κ3) is 5.42. The van der Waals surface area contributed by atoms with Crippen LogP contribution in [0.1, 0.15) is 24.9 Å². The molecule has 1 unspecified atom stereocenters. The lowest BCUT2D eigenvalue weighted by Gasteiger charge is -2.13. The van der Waals surface area contributed by atoms with Crippen LogP contribution in [0.3, 0.4) is 0 Å². The average Bonchev–Trinajstić information content (AvgIpc) is 2.63. The molecule has 0 aliphatic heterocycles. The zero-order valence-electron chi connectivity index (χ0n) is 15.0. The lowest BCUT2D eigenvalue weighted by Crippen LogP contribution is -2.08. The van der Waals surface area contributed by atoms with Gasteiger partial charge in [-0.1, -0.05) is 18.2 Å². The summed E-state index contributed by atoms with van der Waals surface area (Å²) < 4.78 is 0. The summed E-state index contributed by atoms with van der Waals surface area (Å²) in [6.07, 6.45) is 0. The van der Waals surface area contributed by atoms with Gasteiger partial charge in [-0.15, -0.1) is 11.8 Å². The fourth-order valence-corrected chi connectivity index (χ4v) is 3.29. The van der Waals surface area contributed by atoms with Crippen molar-refractivity contribution in [1.82, 2.24) is 15.0 Å². The summed E-state index contributed by atoms with van der Waals surface area (Å²) in [5.74, 6) is 1.09. The Morgan fingerprint density at radius 3 is 2.37 bits per heavy atom. The Morgan fingerprint density at radius 2 is 1.70 bits per heavy atom. The van der Waals surface area contributed by atoms with Crippen molar-refractivity contribution in [3.05, 3.63) is 60.4 Å². The summed E-state index contributed by atoms with van der Waals surface area (Å²) >= 11 is 1.60. The number of benzene rings is 2. The van der Waals surface area contributed by atoms with Crippen LogP contribution in [-0.4, -0.2) is 20.9 Å². The molecule has 3 aromatic rings. The van der Waals surface area contributed by atoms with Crippen molar-refractivity contribution in [1.29, 1.82) is 0 Å². The smallest absolute Gasteiger partial charge is 0.232 e. The van der Waals surface area contributed by atoms with E-state index in [1.54, 1.807) is 11.8 Å². The fraction of sp³-hybridized carbons (Fsp3) is 0.158. The van der Waals surface area contributed by atoms with E-state index in [2.05, 4.69) is 25.6 Å². The summed E-state index contributed by atoms with van der Waals surface area (Å²) in [7, 11) is 0. The van der Waals surface area contributed by atoms with Crippen molar-refractivity contribution in [3.8, 4) is 0 Å². The van der Waals surface area contributed by atoms with Crippen LogP contribution in [0.25, 0.3) is 0 Å². The van der Waals surface area contributed by atoms with Gasteiger partial charge in [0.15, 0.2) is 0 Å². The fourth-order valence-electron chi connectivity index (χ4n) is 2.37. The maximum absolute atomic E-state index is 11.1. The van der Waals surface area contributed by atoms with Crippen LogP contribution in [0.4, 0.5) is 23.3 Å². The highest BCUT2D eigenvalue weighted by molar-refractivity contribution is 7.99. The Balaban J connectivity index is 1.72. The average molecular weight is 380 g/mol. The Hall–Kier alpha value is -3.13. The van der Waals surface area contributed by atoms with Gasteiger partial charge in [0.1, 0.15) is 5.82 Å². The van der Waals surface area contributed by atoms with E-state index in [1.807, 2.05) is 61.5 Å². The molecule has 0 bridgehead atoms. The van der Waals surface area contributed by atoms with Crippen molar-refractivity contribution in [2.24, 2.45) is 0 Å². The molecule has 0 radical (unpaired) electrons. The number of anilines is 4. The van der Waals surface area contributed by atoms with E-state index in [9.17, 15) is 4.79 Å². The van der Waals surface area contributed by atoms with Gasteiger partial charge < -0.3 is 16.4 Å². The maximum atomic E-state index is 11.1. The number of amides is 1. The second-order valence-electron chi connectivity index (χ2n) is 5.83. The van der Waals surface area contributed by atoms with Crippen LogP contribution >= 0.6 is 11.8 Å². The number of carbonyl (C=O) groups excluding carboxylic acids is 1. The molecular weight excluding hydrogens is 360 g/mol. The van der Waals surface area contributed by atoms with Crippen molar-refractivity contribution in [3.63, 3.8) is 0 Å².